The Morgan fingerprint density at radius 3 is 2.71 bits per heavy atom. The van der Waals surface area contributed by atoms with Gasteiger partial charge in [0, 0.05) is 43.7 Å². The summed E-state index contributed by atoms with van der Waals surface area (Å²) in [6.07, 6.45) is 1.12. The number of carbonyl (C=O) groups is 1. The molecular formula is C18H23Cl3N4O2S. The van der Waals surface area contributed by atoms with Crippen molar-refractivity contribution < 1.29 is 4.79 Å². The zero-order valence-corrected chi connectivity index (χ0v) is 18.5. The van der Waals surface area contributed by atoms with Crippen LogP contribution in [0.25, 0.3) is 0 Å². The molecule has 2 N–H and O–H groups in total. The Labute approximate surface area is 184 Å². The van der Waals surface area contributed by atoms with Gasteiger partial charge in [-0.05, 0) is 37.0 Å². The molecule has 0 unspecified atom stereocenters. The highest BCUT2D eigenvalue weighted by Crippen LogP contribution is 2.35. The predicted molar refractivity (Wildman–Crippen MR) is 116 cm³/mol. The first-order chi connectivity index (χ1) is 13.2. The summed E-state index contributed by atoms with van der Waals surface area (Å²) in [7, 11) is 0. The topological polar surface area (TPSA) is 66.4 Å². The molecule has 0 aromatic carbocycles. The Hall–Kier alpha value is -1.02. The molecule has 0 aliphatic carbocycles. The molecule has 2 aliphatic rings. The average Bonchev–Trinajstić information content (AvgIpc) is 2.61. The van der Waals surface area contributed by atoms with Gasteiger partial charge in [0.2, 0.25) is 9.70 Å². The monoisotopic (exact) mass is 464 g/mol. The molecule has 1 amide bonds. The lowest BCUT2D eigenvalue weighted by Crippen LogP contribution is -2.60. The molecule has 3 rings (SSSR count). The second kappa shape index (κ2) is 8.78. The Morgan fingerprint density at radius 1 is 1.29 bits per heavy atom. The van der Waals surface area contributed by atoms with E-state index in [4.69, 9.17) is 47.0 Å². The van der Waals surface area contributed by atoms with E-state index < -0.39 is 9.96 Å². The molecule has 1 saturated heterocycles. The van der Waals surface area contributed by atoms with Crippen molar-refractivity contribution in [1.82, 2.24) is 20.1 Å². The molecule has 10 heteroatoms. The number of pyridine rings is 1. The summed E-state index contributed by atoms with van der Waals surface area (Å²) in [6.45, 7) is 3.95. The number of rotatable bonds is 4. The van der Waals surface area contributed by atoms with Crippen LogP contribution in [0.4, 0.5) is 0 Å². The minimum absolute atomic E-state index is 0.0382. The van der Waals surface area contributed by atoms with Crippen LogP contribution in [0.15, 0.2) is 23.0 Å². The first-order valence-electron chi connectivity index (χ1n) is 9.30. The molecule has 2 aliphatic heterocycles. The number of fused-ring (bicyclic) bond motifs is 4. The quantitative estimate of drug-likeness (QED) is 0.407. The third-order valence-electron chi connectivity index (χ3n) is 5.14. The van der Waals surface area contributed by atoms with Gasteiger partial charge < -0.3 is 20.1 Å². The van der Waals surface area contributed by atoms with Gasteiger partial charge in [-0.15, -0.1) is 0 Å². The van der Waals surface area contributed by atoms with Crippen LogP contribution in [0.3, 0.4) is 0 Å². The number of carbonyl (C=O) groups excluding carboxylic acids is 1. The van der Waals surface area contributed by atoms with Crippen LogP contribution >= 0.6 is 47.0 Å². The Balaban J connectivity index is 1.71. The van der Waals surface area contributed by atoms with Gasteiger partial charge in [-0.3, -0.25) is 9.59 Å². The van der Waals surface area contributed by atoms with Gasteiger partial charge in [-0.1, -0.05) is 47.8 Å². The highest BCUT2D eigenvalue weighted by Gasteiger charge is 2.38. The summed E-state index contributed by atoms with van der Waals surface area (Å²) in [6, 6.07) is 5.39. The van der Waals surface area contributed by atoms with Crippen LogP contribution in [-0.2, 0) is 11.3 Å². The standard InChI is InChI=1S/C18H23Cl3N4O2S/c1-2-4-14(26)22-16(18(19,20)21)23-17(28)24-8-11-7-12(10-24)13-5-3-6-15(27)25(13)9-11/h3,5-6,11-12,16H,2,4,7-10H2,1H3,(H,22,26)(H,23,28)/t11-,12-,16+/m0/s1. The average molecular weight is 466 g/mol. The van der Waals surface area contributed by atoms with Crippen LogP contribution in [-0.4, -0.2) is 43.5 Å². The minimum Gasteiger partial charge on any atom is -0.348 e. The number of piperidine rings is 1. The van der Waals surface area contributed by atoms with Crippen molar-refractivity contribution in [2.75, 3.05) is 13.1 Å². The summed E-state index contributed by atoms with van der Waals surface area (Å²) >= 11 is 23.7. The van der Waals surface area contributed by atoms with E-state index in [1.54, 1.807) is 12.1 Å². The highest BCUT2D eigenvalue weighted by molar-refractivity contribution is 7.80. The lowest BCUT2D eigenvalue weighted by molar-refractivity contribution is -0.121. The van der Waals surface area contributed by atoms with Crippen LogP contribution < -0.4 is 16.2 Å². The van der Waals surface area contributed by atoms with Crippen molar-refractivity contribution in [2.24, 2.45) is 5.92 Å². The van der Waals surface area contributed by atoms with E-state index in [1.807, 2.05) is 22.5 Å². The zero-order chi connectivity index (χ0) is 20.5. The predicted octanol–water partition coefficient (Wildman–Crippen LogP) is 2.75. The summed E-state index contributed by atoms with van der Waals surface area (Å²) in [5.74, 6) is 0.312. The first-order valence-corrected chi connectivity index (χ1v) is 10.8. The Bertz CT molecular complexity index is 811. The van der Waals surface area contributed by atoms with Gasteiger partial charge in [0.25, 0.3) is 5.56 Å². The third-order valence-corrected chi connectivity index (χ3v) is 6.18. The zero-order valence-electron chi connectivity index (χ0n) is 15.5. The maximum Gasteiger partial charge on any atom is 0.250 e. The number of thiocarbonyl (C=S) groups is 1. The number of hydrogen-bond donors (Lipinski definition) is 2. The maximum atomic E-state index is 12.1. The molecule has 3 atom stereocenters. The Kier molecular flexibility index (Phi) is 6.80. The van der Waals surface area contributed by atoms with Gasteiger partial charge in [-0.2, -0.15) is 0 Å². The molecule has 1 fully saturated rings. The van der Waals surface area contributed by atoms with Gasteiger partial charge >= 0.3 is 0 Å². The molecule has 1 aromatic rings. The number of nitrogens with one attached hydrogen (secondary N) is 2. The van der Waals surface area contributed by atoms with Crippen molar-refractivity contribution in [3.8, 4) is 0 Å². The molecule has 0 radical (unpaired) electrons. The fraction of sp³-hybridized carbons (Fsp3) is 0.611. The summed E-state index contributed by atoms with van der Waals surface area (Å²) < 4.78 is 0.112. The van der Waals surface area contributed by atoms with E-state index in [-0.39, 0.29) is 17.4 Å². The second-order valence-electron chi connectivity index (χ2n) is 7.34. The van der Waals surface area contributed by atoms with Gasteiger partial charge in [0.1, 0.15) is 6.17 Å². The summed E-state index contributed by atoms with van der Waals surface area (Å²) in [5.41, 5.74) is 1.07. The van der Waals surface area contributed by atoms with Crippen LogP contribution in [0.2, 0.25) is 0 Å². The number of nitrogens with zero attached hydrogens (tertiary/aromatic N) is 2. The minimum atomic E-state index is -1.75. The number of likely N-dealkylation sites (tertiary alicyclic amines) is 1. The highest BCUT2D eigenvalue weighted by atomic mass is 35.6. The molecule has 2 bridgehead atoms. The van der Waals surface area contributed by atoms with Crippen molar-refractivity contribution in [2.45, 2.75) is 48.6 Å². The fourth-order valence-corrected chi connectivity index (χ4v) is 4.53. The van der Waals surface area contributed by atoms with Crippen LogP contribution in [0, 0.1) is 5.92 Å². The van der Waals surface area contributed by atoms with Crippen molar-refractivity contribution in [3.63, 3.8) is 0 Å². The second-order valence-corrected chi connectivity index (χ2v) is 10.1. The summed E-state index contributed by atoms with van der Waals surface area (Å²) in [4.78, 5) is 26.2. The molecule has 0 spiro atoms. The lowest BCUT2D eigenvalue weighted by Gasteiger charge is -2.44. The molecule has 1 aromatic heterocycles. The molecule has 6 nitrogen and oxygen atoms in total. The van der Waals surface area contributed by atoms with E-state index in [0.717, 1.165) is 12.1 Å². The fourth-order valence-electron chi connectivity index (χ4n) is 3.94. The maximum absolute atomic E-state index is 12.1. The van der Waals surface area contributed by atoms with Crippen molar-refractivity contribution in [3.05, 3.63) is 34.2 Å². The SMILES string of the molecule is CCCC(=O)N[C@H](NC(=S)N1C[C@@H]2C[C@@H](C1)c1cccc(=O)n1C2)C(Cl)(Cl)Cl. The lowest BCUT2D eigenvalue weighted by atomic mass is 9.83. The third kappa shape index (κ3) is 4.93. The number of aromatic nitrogens is 1. The molecule has 28 heavy (non-hydrogen) atoms. The van der Waals surface area contributed by atoms with Gasteiger partial charge in [0.05, 0.1) is 0 Å². The van der Waals surface area contributed by atoms with Crippen LogP contribution in [0.1, 0.15) is 37.8 Å². The largest absolute Gasteiger partial charge is 0.348 e. The van der Waals surface area contributed by atoms with E-state index in [9.17, 15) is 9.59 Å². The number of amides is 1. The van der Waals surface area contributed by atoms with E-state index >= 15 is 0 Å². The van der Waals surface area contributed by atoms with Crippen molar-refractivity contribution >= 4 is 58.0 Å². The normalized spacial score (nSPS) is 22.2. The molecule has 3 heterocycles. The van der Waals surface area contributed by atoms with Crippen LogP contribution in [0.5, 0.6) is 0 Å². The number of halogens is 3. The smallest absolute Gasteiger partial charge is 0.250 e. The van der Waals surface area contributed by atoms with Crippen molar-refractivity contribution in [1.29, 1.82) is 0 Å². The number of alkyl halides is 3. The number of hydrogen-bond acceptors (Lipinski definition) is 3. The van der Waals surface area contributed by atoms with Gasteiger partial charge in [0.15, 0.2) is 5.11 Å². The van der Waals surface area contributed by atoms with E-state index in [0.29, 0.717) is 43.5 Å². The molecular weight excluding hydrogens is 443 g/mol. The van der Waals surface area contributed by atoms with E-state index in [1.165, 1.54) is 0 Å². The molecule has 0 saturated carbocycles. The summed E-state index contributed by atoms with van der Waals surface area (Å²) in [5, 5.41) is 6.12. The van der Waals surface area contributed by atoms with E-state index in [2.05, 4.69) is 10.6 Å². The van der Waals surface area contributed by atoms with Gasteiger partial charge in [-0.25, -0.2) is 0 Å². The Morgan fingerprint density at radius 2 is 2.04 bits per heavy atom. The molecule has 154 valence electrons. The first kappa shape index (κ1) is 21.7.